The van der Waals surface area contributed by atoms with Crippen LogP contribution in [0.3, 0.4) is 0 Å². The number of nitrogens with zero attached hydrogens (tertiary/aromatic N) is 1. The van der Waals surface area contributed by atoms with E-state index < -0.39 is 22.6 Å². The van der Waals surface area contributed by atoms with Crippen LogP contribution in [0.5, 0.6) is 0 Å². The van der Waals surface area contributed by atoms with Gasteiger partial charge in [-0.15, -0.1) is 0 Å². The van der Waals surface area contributed by atoms with Crippen molar-refractivity contribution in [1.82, 2.24) is 0 Å². The molecule has 0 radical (unpaired) electrons. The Morgan fingerprint density at radius 3 is 2.38 bits per heavy atom. The van der Waals surface area contributed by atoms with Crippen LogP contribution in [-0.4, -0.2) is 10.9 Å². The highest BCUT2D eigenvalue weighted by atomic mass is 32.2. The van der Waals surface area contributed by atoms with E-state index in [2.05, 4.69) is 0 Å². The molecule has 1 atom stereocenters. The number of nitriles is 1. The molecule has 0 saturated carbocycles. The molecule has 0 spiro atoms. The highest BCUT2D eigenvalue weighted by Crippen LogP contribution is 2.22. The van der Waals surface area contributed by atoms with E-state index in [4.69, 9.17) is 5.26 Å². The first-order valence-electron chi connectivity index (χ1n) is 4.42. The number of thioether (sulfide) groups is 1. The van der Waals surface area contributed by atoms with Crippen molar-refractivity contribution >= 4 is 22.7 Å². The molecule has 0 amide bonds. The van der Waals surface area contributed by atoms with Crippen molar-refractivity contribution < 1.29 is 14.0 Å². The quantitative estimate of drug-likeness (QED) is 0.597. The summed E-state index contributed by atoms with van der Waals surface area (Å²) in [6, 6.07) is 6.91. The van der Waals surface area contributed by atoms with Crippen LogP contribution in [0.4, 0.5) is 4.39 Å². The van der Waals surface area contributed by atoms with Crippen LogP contribution in [-0.2, 0) is 9.59 Å². The molecular weight excluding hydrogens is 229 g/mol. The smallest absolute Gasteiger partial charge is 0.218 e. The van der Waals surface area contributed by atoms with Crippen molar-refractivity contribution in [3.8, 4) is 6.07 Å². The van der Waals surface area contributed by atoms with E-state index in [1.54, 1.807) is 6.07 Å². The van der Waals surface area contributed by atoms with E-state index in [1.165, 1.54) is 31.2 Å². The first-order valence-corrected chi connectivity index (χ1v) is 5.23. The average Bonchev–Trinajstić information content (AvgIpc) is 2.22. The van der Waals surface area contributed by atoms with Gasteiger partial charge in [0.15, 0.2) is 11.7 Å². The standard InChI is InChI=1S/C11H8FNO2S/c1-7(14)10(6-13)11(15)16-9-4-2-8(12)3-5-9/h2-5,10H,1H3. The minimum Gasteiger partial charge on any atom is -0.298 e. The normalized spacial score (nSPS) is 11.6. The van der Waals surface area contributed by atoms with E-state index in [-0.39, 0.29) is 0 Å². The average molecular weight is 237 g/mol. The summed E-state index contributed by atoms with van der Waals surface area (Å²) in [6.07, 6.45) is 0. The van der Waals surface area contributed by atoms with E-state index in [1.807, 2.05) is 0 Å². The fourth-order valence-electron chi connectivity index (χ4n) is 0.987. The van der Waals surface area contributed by atoms with Crippen LogP contribution >= 0.6 is 11.8 Å². The summed E-state index contributed by atoms with van der Waals surface area (Å²) < 4.78 is 12.6. The van der Waals surface area contributed by atoms with E-state index in [0.29, 0.717) is 4.90 Å². The molecule has 0 fully saturated rings. The Balaban J connectivity index is 2.75. The van der Waals surface area contributed by atoms with Gasteiger partial charge in [0.05, 0.1) is 6.07 Å². The Bertz CT molecular complexity index is 450. The fourth-order valence-corrected chi connectivity index (χ4v) is 1.83. The Hall–Kier alpha value is -1.67. The van der Waals surface area contributed by atoms with Gasteiger partial charge in [0.2, 0.25) is 5.12 Å². The Morgan fingerprint density at radius 1 is 1.38 bits per heavy atom. The zero-order valence-corrected chi connectivity index (χ0v) is 9.25. The summed E-state index contributed by atoms with van der Waals surface area (Å²) in [5.74, 6) is -2.14. The van der Waals surface area contributed by atoms with Gasteiger partial charge in [-0.25, -0.2) is 4.39 Å². The second-order valence-corrected chi connectivity index (χ2v) is 4.13. The molecule has 1 aromatic carbocycles. The molecule has 0 N–H and O–H groups in total. The highest BCUT2D eigenvalue weighted by Gasteiger charge is 2.23. The van der Waals surface area contributed by atoms with Crippen molar-refractivity contribution in [2.24, 2.45) is 5.92 Å². The number of halogens is 1. The van der Waals surface area contributed by atoms with Crippen molar-refractivity contribution in [3.63, 3.8) is 0 Å². The molecule has 3 nitrogen and oxygen atoms in total. The van der Waals surface area contributed by atoms with Crippen LogP contribution in [0.2, 0.25) is 0 Å². The lowest BCUT2D eigenvalue weighted by atomic mass is 10.1. The third kappa shape index (κ3) is 3.17. The number of hydrogen-bond acceptors (Lipinski definition) is 4. The molecule has 0 aliphatic heterocycles. The molecule has 82 valence electrons. The van der Waals surface area contributed by atoms with Crippen molar-refractivity contribution in [3.05, 3.63) is 30.1 Å². The van der Waals surface area contributed by atoms with Gasteiger partial charge in [-0.2, -0.15) is 5.26 Å². The third-order valence-corrected chi connectivity index (χ3v) is 2.75. The molecule has 5 heteroatoms. The maximum absolute atomic E-state index is 12.6. The maximum atomic E-state index is 12.6. The second kappa shape index (κ2) is 5.42. The van der Waals surface area contributed by atoms with Gasteiger partial charge in [0, 0.05) is 4.90 Å². The molecule has 0 bridgehead atoms. The minimum atomic E-state index is -1.25. The largest absolute Gasteiger partial charge is 0.298 e. The molecule has 0 saturated heterocycles. The maximum Gasteiger partial charge on any atom is 0.218 e. The summed E-state index contributed by atoms with van der Waals surface area (Å²) in [5, 5.41) is 8.08. The number of benzene rings is 1. The number of rotatable bonds is 3. The third-order valence-electron chi connectivity index (χ3n) is 1.80. The van der Waals surface area contributed by atoms with Gasteiger partial charge in [0.1, 0.15) is 5.82 Å². The summed E-state index contributed by atoms with van der Waals surface area (Å²) in [4.78, 5) is 22.9. The predicted molar refractivity (Wildman–Crippen MR) is 57.0 cm³/mol. The molecule has 0 aliphatic rings. The number of hydrogen-bond donors (Lipinski definition) is 0. The fraction of sp³-hybridized carbons (Fsp3) is 0.182. The number of carbonyl (C=O) groups is 2. The zero-order valence-electron chi connectivity index (χ0n) is 8.44. The monoisotopic (exact) mass is 237 g/mol. The first kappa shape index (κ1) is 12.4. The Kier molecular flexibility index (Phi) is 4.20. The molecule has 0 aliphatic carbocycles. The van der Waals surface area contributed by atoms with E-state index in [9.17, 15) is 14.0 Å². The number of ketones is 1. The van der Waals surface area contributed by atoms with Crippen LogP contribution in [0.25, 0.3) is 0 Å². The topological polar surface area (TPSA) is 57.9 Å². The van der Waals surface area contributed by atoms with Gasteiger partial charge in [0.25, 0.3) is 0 Å². The summed E-state index contributed by atoms with van der Waals surface area (Å²) >= 11 is 0.764. The first-order chi connectivity index (χ1) is 7.54. The molecule has 0 heterocycles. The zero-order chi connectivity index (χ0) is 12.1. The molecule has 1 rings (SSSR count). The lowest BCUT2D eigenvalue weighted by molar-refractivity contribution is -0.124. The summed E-state index contributed by atoms with van der Waals surface area (Å²) in [6.45, 7) is 1.19. The van der Waals surface area contributed by atoms with Crippen LogP contribution in [0.1, 0.15) is 6.92 Å². The minimum absolute atomic E-state index is 0.403. The lowest BCUT2D eigenvalue weighted by Gasteiger charge is -2.03. The number of Topliss-reactive ketones (excluding diaryl/α,β-unsaturated/α-hetero) is 1. The predicted octanol–water partition coefficient (Wildman–Crippen LogP) is 2.17. The number of carbonyl (C=O) groups excluding carboxylic acids is 2. The summed E-state index contributed by atoms with van der Waals surface area (Å²) in [5.41, 5.74) is 0. The van der Waals surface area contributed by atoms with Crippen molar-refractivity contribution in [1.29, 1.82) is 5.26 Å². The molecular formula is C11H8FNO2S. The van der Waals surface area contributed by atoms with E-state index in [0.717, 1.165) is 11.8 Å². The SMILES string of the molecule is CC(=O)C(C#N)C(=O)Sc1ccc(F)cc1. The van der Waals surface area contributed by atoms with Gasteiger partial charge < -0.3 is 0 Å². The molecule has 1 unspecified atom stereocenters. The lowest BCUT2D eigenvalue weighted by Crippen LogP contribution is -2.17. The summed E-state index contributed by atoms with van der Waals surface area (Å²) in [7, 11) is 0. The van der Waals surface area contributed by atoms with Crippen LogP contribution in [0, 0.1) is 23.1 Å². The second-order valence-electron chi connectivity index (χ2n) is 3.05. The Morgan fingerprint density at radius 2 is 1.94 bits per heavy atom. The highest BCUT2D eigenvalue weighted by molar-refractivity contribution is 8.13. The van der Waals surface area contributed by atoms with Gasteiger partial charge in [-0.05, 0) is 31.2 Å². The van der Waals surface area contributed by atoms with Gasteiger partial charge in [-0.1, -0.05) is 11.8 Å². The van der Waals surface area contributed by atoms with Gasteiger partial charge >= 0.3 is 0 Å². The van der Waals surface area contributed by atoms with E-state index >= 15 is 0 Å². The van der Waals surface area contributed by atoms with Crippen molar-refractivity contribution in [2.45, 2.75) is 11.8 Å². The van der Waals surface area contributed by atoms with Crippen molar-refractivity contribution in [2.75, 3.05) is 0 Å². The Labute approximate surface area is 96.3 Å². The van der Waals surface area contributed by atoms with Gasteiger partial charge in [-0.3, -0.25) is 9.59 Å². The van der Waals surface area contributed by atoms with Crippen LogP contribution < -0.4 is 0 Å². The molecule has 0 aromatic heterocycles. The van der Waals surface area contributed by atoms with Crippen LogP contribution in [0.15, 0.2) is 29.2 Å². The molecule has 16 heavy (non-hydrogen) atoms. The molecule has 1 aromatic rings.